The van der Waals surface area contributed by atoms with Gasteiger partial charge in [0, 0.05) is 19.1 Å². The molecule has 1 unspecified atom stereocenters. The van der Waals surface area contributed by atoms with E-state index in [-0.39, 0.29) is 23.4 Å². The van der Waals surface area contributed by atoms with Crippen LogP contribution in [0.4, 0.5) is 8.78 Å². The molecule has 142 valence electrons. The van der Waals surface area contributed by atoms with Gasteiger partial charge in [-0.15, -0.1) is 0 Å². The van der Waals surface area contributed by atoms with Crippen molar-refractivity contribution in [3.05, 3.63) is 71.3 Å². The number of benzene rings is 2. The number of hydrogen-bond acceptors (Lipinski definition) is 2. The SMILES string of the molecule is CC(C(=O)NC1CCN(C(=O)c2ccccc2F)CC1)c1ccccc1F. The molecule has 0 saturated carbocycles. The molecule has 1 fully saturated rings. The molecule has 4 nitrogen and oxygen atoms in total. The average molecular weight is 372 g/mol. The summed E-state index contributed by atoms with van der Waals surface area (Å²) in [7, 11) is 0. The van der Waals surface area contributed by atoms with E-state index >= 15 is 0 Å². The van der Waals surface area contributed by atoms with Crippen LogP contribution in [0.1, 0.15) is 41.6 Å². The van der Waals surface area contributed by atoms with Gasteiger partial charge in [-0.2, -0.15) is 0 Å². The molecule has 2 aromatic carbocycles. The number of piperidine rings is 1. The highest BCUT2D eigenvalue weighted by atomic mass is 19.1. The Morgan fingerprint density at radius 3 is 2.22 bits per heavy atom. The maximum atomic E-state index is 13.9. The highest BCUT2D eigenvalue weighted by Crippen LogP contribution is 2.21. The summed E-state index contributed by atoms with van der Waals surface area (Å²) >= 11 is 0. The molecule has 2 aromatic rings. The Bertz CT molecular complexity index is 832. The molecule has 0 bridgehead atoms. The first-order valence-corrected chi connectivity index (χ1v) is 9.06. The maximum Gasteiger partial charge on any atom is 0.256 e. The van der Waals surface area contributed by atoms with Gasteiger partial charge in [0.15, 0.2) is 0 Å². The molecule has 1 atom stereocenters. The number of amides is 2. The summed E-state index contributed by atoms with van der Waals surface area (Å²) in [6.07, 6.45) is 1.16. The van der Waals surface area contributed by atoms with Crippen LogP contribution < -0.4 is 5.32 Å². The molecular formula is C21H22F2N2O2. The van der Waals surface area contributed by atoms with Crippen LogP contribution in [-0.2, 0) is 4.79 Å². The van der Waals surface area contributed by atoms with Crippen LogP contribution in [0.25, 0.3) is 0 Å². The van der Waals surface area contributed by atoms with Gasteiger partial charge in [-0.1, -0.05) is 30.3 Å². The summed E-state index contributed by atoms with van der Waals surface area (Å²) < 4.78 is 27.6. The number of halogens is 2. The lowest BCUT2D eigenvalue weighted by atomic mass is 9.97. The monoisotopic (exact) mass is 372 g/mol. The van der Waals surface area contributed by atoms with Gasteiger partial charge in [-0.25, -0.2) is 8.78 Å². The Morgan fingerprint density at radius 2 is 1.59 bits per heavy atom. The maximum absolute atomic E-state index is 13.9. The third kappa shape index (κ3) is 4.32. The Hall–Kier alpha value is -2.76. The minimum atomic E-state index is -0.593. The van der Waals surface area contributed by atoms with Crippen LogP contribution in [0.5, 0.6) is 0 Å². The summed E-state index contributed by atoms with van der Waals surface area (Å²) in [6.45, 7) is 2.54. The highest BCUT2D eigenvalue weighted by molar-refractivity contribution is 5.94. The van der Waals surface area contributed by atoms with Crippen LogP contribution >= 0.6 is 0 Å². The Labute approximate surface area is 157 Å². The molecule has 2 amide bonds. The fourth-order valence-corrected chi connectivity index (χ4v) is 3.33. The number of rotatable bonds is 4. The fourth-order valence-electron chi connectivity index (χ4n) is 3.33. The molecule has 0 aliphatic carbocycles. The molecule has 1 aliphatic heterocycles. The Morgan fingerprint density at radius 1 is 1.00 bits per heavy atom. The van der Waals surface area contributed by atoms with Crippen molar-refractivity contribution in [1.29, 1.82) is 0 Å². The van der Waals surface area contributed by atoms with Gasteiger partial charge in [0.05, 0.1) is 11.5 Å². The van der Waals surface area contributed by atoms with Gasteiger partial charge in [0.25, 0.3) is 5.91 Å². The fraction of sp³-hybridized carbons (Fsp3) is 0.333. The minimum Gasteiger partial charge on any atom is -0.353 e. The third-order valence-corrected chi connectivity index (χ3v) is 5.00. The lowest BCUT2D eigenvalue weighted by molar-refractivity contribution is -0.123. The zero-order valence-electron chi connectivity index (χ0n) is 15.1. The highest BCUT2D eigenvalue weighted by Gasteiger charge is 2.27. The van der Waals surface area contributed by atoms with Crippen LogP contribution in [0.15, 0.2) is 48.5 Å². The van der Waals surface area contributed by atoms with Crippen molar-refractivity contribution in [3.8, 4) is 0 Å². The number of nitrogens with zero attached hydrogens (tertiary/aromatic N) is 1. The van der Waals surface area contributed by atoms with E-state index < -0.39 is 17.6 Å². The lowest BCUT2D eigenvalue weighted by Gasteiger charge is -2.33. The van der Waals surface area contributed by atoms with Gasteiger partial charge in [0.2, 0.25) is 5.91 Å². The largest absolute Gasteiger partial charge is 0.353 e. The number of carbonyl (C=O) groups is 2. The van der Waals surface area contributed by atoms with E-state index in [4.69, 9.17) is 0 Å². The lowest BCUT2D eigenvalue weighted by Crippen LogP contribution is -2.47. The molecule has 0 aromatic heterocycles. The Balaban J connectivity index is 1.55. The average Bonchev–Trinajstić information content (AvgIpc) is 2.68. The first-order chi connectivity index (χ1) is 13.0. The number of likely N-dealkylation sites (tertiary alicyclic amines) is 1. The first-order valence-electron chi connectivity index (χ1n) is 9.06. The predicted octanol–water partition coefficient (Wildman–Crippen LogP) is 3.49. The molecule has 0 spiro atoms. The molecule has 1 saturated heterocycles. The molecule has 6 heteroatoms. The number of carbonyl (C=O) groups excluding carboxylic acids is 2. The van der Waals surface area contributed by atoms with Crippen LogP contribution in [0.3, 0.4) is 0 Å². The van der Waals surface area contributed by atoms with Crippen molar-refractivity contribution < 1.29 is 18.4 Å². The van der Waals surface area contributed by atoms with E-state index in [0.29, 0.717) is 31.5 Å². The van der Waals surface area contributed by atoms with Crippen molar-refractivity contribution in [1.82, 2.24) is 10.2 Å². The summed E-state index contributed by atoms with van der Waals surface area (Å²) in [5.74, 6) is -2.09. The summed E-state index contributed by atoms with van der Waals surface area (Å²) in [6, 6.07) is 12.1. The second-order valence-electron chi connectivity index (χ2n) is 6.80. The van der Waals surface area contributed by atoms with Gasteiger partial charge in [-0.05, 0) is 43.5 Å². The van der Waals surface area contributed by atoms with Crippen LogP contribution in [0.2, 0.25) is 0 Å². The summed E-state index contributed by atoms with van der Waals surface area (Å²) in [4.78, 5) is 26.5. The Kier molecular flexibility index (Phi) is 5.84. The zero-order valence-corrected chi connectivity index (χ0v) is 15.1. The third-order valence-electron chi connectivity index (χ3n) is 5.00. The molecular weight excluding hydrogens is 350 g/mol. The smallest absolute Gasteiger partial charge is 0.256 e. The molecule has 1 N–H and O–H groups in total. The first kappa shape index (κ1) is 19.0. The minimum absolute atomic E-state index is 0.0631. The van der Waals surface area contributed by atoms with Crippen LogP contribution in [0, 0.1) is 11.6 Å². The second-order valence-corrected chi connectivity index (χ2v) is 6.80. The van der Waals surface area contributed by atoms with E-state index in [1.807, 2.05) is 0 Å². The molecule has 0 radical (unpaired) electrons. The van der Waals surface area contributed by atoms with E-state index in [2.05, 4.69) is 5.32 Å². The molecule has 1 heterocycles. The van der Waals surface area contributed by atoms with E-state index in [9.17, 15) is 18.4 Å². The number of nitrogens with one attached hydrogen (secondary N) is 1. The van der Waals surface area contributed by atoms with E-state index in [1.165, 1.54) is 18.2 Å². The van der Waals surface area contributed by atoms with Crippen molar-refractivity contribution in [2.24, 2.45) is 0 Å². The molecule has 27 heavy (non-hydrogen) atoms. The van der Waals surface area contributed by atoms with E-state index in [1.54, 1.807) is 42.2 Å². The topological polar surface area (TPSA) is 49.4 Å². The molecule has 1 aliphatic rings. The quantitative estimate of drug-likeness (QED) is 0.893. The standard InChI is InChI=1S/C21H22F2N2O2/c1-14(16-6-2-4-8-18(16)22)20(26)24-15-10-12-25(13-11-15)21(27)17-7-3-5-9-19(17)23/h2-9,14-15H,10-13H2,1H3,(H,24,26). The van der Waals surface area contributed by atoms with Gasteiger partial charge >= 0.3 is 0 Å². The van der Waals surface area contributed by atoms with Crippen molar-refractivity contribution in [3.63, 3.8) is 0 Å². The van der Waals surface area contributed by atoms with Crippen molar-refractivity contribution in [2.75, 3.05) is 13.1 Å². The van der Waals surface area contributed by atoms with Gasteiger partial charge in [0.1, 0.15) is 11.6 Å². The van der Waals surface area contributed by atoms with Crippen molar-refractivity contribution >= 4 is 11.8 Å². The predicted molar refractivity (Wildman–Crippen MR) is 98.3 cm³/mol. The second kappa shape index (κ2) is 8.29. The van der Waals surface area contributed by atoms with Gasteiger partial charge < -0.3 is 10.2 Å². The zero-order chi connectivity index (χ0) is 19.4. The van der Waals surface area contributed by atoms with E-state index in [0.717, 1.165) is 0 Å². The number of hydrogen-bond donors (Lipinski definition) is 1. The van der Waals surface area contributed by atoms with Gasteiger partial charge in [-0.3, -0.25) is 9.59 Å². The van der Waals surface area contributed by atoms with Crippen molar-refractivity contribution in [2.45, 2.75) is 31.7 Å². The normalized spacial score (nSPS) is 16.0. The van der Waals surface area contributed by atoms with Crippen LogP contribution in [-0.4, -0.2) is 35.8 Å². The molecule has 3 rings (SSSR count). The summed E-state index contributed by atoms with van der Waals surface area (Å²) in [5, 5.41) is 2.94. The summed E-state index contributed by atoms with van der Waals surface area (Å²) in [5.41, 5.74) is 0.426.